The maximum atomic E-state index is 5.77. The molecule has 0 atom stereocenters. The highest BCUT2D eigenvalue weighted by Crippen LogP contribution is 2.20. The van der Waals surface area contributed by atoms with Crippen LogP contribution in [-0.4, -0.2) is 24.3 Å². The van der Waals surface area contributed by atoms with Gasteiger partial charge in [-0.15, -0.1) is 0 Å². The summed E-state index contributed by atoms with van der Waals surface area (Å²) in [6.07, 6.45) is 1.77. The van der Waals surface area contributed by atoms with Gasteiger partial charge >= 0.3 is 0 Å². The van der Waals surface area contributed by atoms with Crippen molar-refractivity contribution in [1.29, 1.82) is 0 Å². The first-order valence-electron chi connectivity index (χ1n) is 5.27. The first-order chi connectivity index (χ1) is 7.93. The molecular formula is C11H15N5S. The standard InChI is InChI=1S/C11H15N5S/c1-6-8(3)16(5-13-6)11-9(10(12)17)7(2)14-15(11)4/h5H,1-4H3,(H2,12,17). The van der Waals surface area contributed by atoms with Gasteiger partial charge in [0.05, 0.1) is 17.0 Å². The first kappa shape index (κ1) is 11.8. The van der Waals surface area contributed by atoms with Crippen LogP contribution in [0.5, 0.6) is 0 Å². The summed E-state index contributed by atoms with van der Waals surface area (Å²) in [7, 11) is 1.87. The number of hydrogen-bond acceptors (Lipinski definition) is 3. The predicted molar refractivity (Wildman–Crippen MR) is 70.4 cm³/mol. The summed E-state index contributed by atoms with van der Waals surface area (Å²) in [5.41, 5.74) is 9.45. The first-order valence-corrected chi connectivity index (χ1v) is 5.68. The molecule has 17 heavy (non-hydrogen) atoms. The Morgan fingerprint density at radius 1 is 1.29 bits per heavy atom. The van der Waals surface area contributed by atoms with Gasteiger partial charge in [-0.05, 0) is 20.8 Å². The molecule has 0 aliphatic rings. The number of aromatic nitrogens is 4. The Morgan fingerprint density at radius 3 is 2.41 bits per heavy atom. The third-order valence-corrected chi connectivity index (χ3v) is 3.12. The van der Waals surface area contributed by atoms with Crippen LogP contribution in [0.3, 0.4) is 0 Å². The molecule has 0 unspecified atom stereocenters. The number of rotatable bonds is 2. The molecule has 0 spiro atoms. The van der Waals surface area contributed by atoms with Gasteiger partial charge in [0.15, 0.2) is 0 Å². The molecule has 6 heteroatoms. The molecule has 2 N–H and O–H groups in total. The van der Waals surface area contributed by atoms with Crippen molar-refractivity contribution in [2.45, 2.75) is 20.8 Å². The Balaban J connectivity index is 2.75. The smallest absolute Gasteiger partial charge is 0.146 e. The summed E-state index contributed by atoms with van der Waals surface area (Å²) in [5, 5.41) is 4.36. The summed E-state index contributed by atoms with van der Waals surface area (Å²) in [6, 6.07) is 0. The summed E-state index contributed by atoms with van der Waals surface area (Å²) in [4.78, 5) is 4.64. The van der Waals surface area contributed by atoms with Crippen LogP contribution in [-0.2, 0) is 7.05 Å². The fraction of sp³-hybridized carbons (Fsp3) is 0.364. The number of nitrogens with two attached hydrogens (primary N) is 1. The molecule has 2 heterocycles. The van der Waals surface area contributed by atoms with E-state index < -0.39 is 0 Å². The fourth-order valence-corrected chi connectivity index (χ4v) is 2.16. The molecule has 0 aliphatic heterocycles. The van der Waals surface area contributed by atoms with Gasteiger partial charge < -0.3 is 5.73 Å². The Morgan fingerprint density at radius 2 is 1.94 bits per heavy atom. The van der Waals surface area contributed by atoms with E-state index >= 15 is 0 Å². The van der Waals surface area contributed by atoms with Crippen molar-refractivity contribution in [2.75, 3.05) is 0 Å². The summed E-state index contributed by atoms with van der Waals surface area (Å²) in [5.74, 6) is 0.869. The lowest BCUT2D eigenvalue weighted by Gasteiger charge is -2.08. The minimum absolute atomic E-state index is 0.358. The number of imidazole rings is 1. The molecule has 0 aromatic carbocycles. The van der Waals surface area contributed by atoms with E-state index in [2.05, 4.69) is 10.1 Å². The topological polar surface area (TPSA) is 61.7 Å². The largest absolute Gasteiger partial charge is 0.389 e. The second-order valence-electron chi connectivity index (χ2n) is 4.06. The van der Waals surface area contributed by atoms with Crippen molar-refractivity contribution in [3.8, 4) is 5.82 Å². The van der Waals surface area contributed by atoms with Crippen molar-refractivity contribution in [1.82, 2.24) is 19.3 Å². The zero-order chi connectivity index (χ0) is 12.7. The molecule has 2 aromatic heterocycles. The van der Waals surface area contributed by atoms with Gasteiger partial charge in [0.2, 0.25) is 0 Å². The van der Waals surface area contributed by atoms with Crippen LogP contribution < -0.4 is 5.73 Å². The average Bonchev–Trinajstić information content (AvgIpc) is 2.69. The normalized spacial score (nSPS) is 10.8. The maximum Gasteiger partial charge on any atom is 0.146 e. The van der Waals surface area contributed by atoms with Crippen LogP contribution in [0, 0.1) is 20.8 Å². The molecule has 0 bridgehead atoms. The minimum Gasteiger partial charge on any atom is -0.389 e. The lowest BCUT2D eigenvalue weighted by Crippen LogP contribution is -2.15. The highest BCUT2D eigenvalue weighted by Gasteiger charge is 2.18. The van der Waals surface area contributed by atoms with E-state index in [1.165, 1.54) is 0 Å². The summed E-state index contributed by atoms with van der Waals surface area (Å²) in [6.45, 7) is 5.88. The Bertz CT molecular complexity index is 593. The van der Waals surface area contributed by atoms with Crippen LogP contribution in [0.15, 0.2) is 6.33 Å². The van der Waals surface area contributed by atoms with Crippen molar-refractivity contribution < 1.29 is 0 Å². The molecule has 0 fully saturated rings. The lowest BCUT2D eigenvalue weighted by molar-refractivity contribution is 0.716. The van der Waals surface area contributed by atoms with E-state index in [9.17, 15) is 0 Å². The zero-order valence-electron chi connectivity index (χ0n) is 10.4. The Labute approximate surface area is 105 Å². The van der Waals surface area contributed by atoms with E-state index in [1.54, 1.807) is 11.0 Å². The zero-order valence-corrected chi connectivity index (χ0v) is 11.2. The predicted octanol–water partition coefficient (Wildman–Crippen LogP) is 1.17. The second-order valence-corrected chi connectivity index (χ2v) is 4.50. The SMILES string of the molecule is Cc1nn(C)c(-n2cnc(C)c2C)c1C(N)=S. The van der Waals surface area contributed by atoms with Gasteiger partial charge in [-0.1, -0.05) is 12.2 Å². The van der Waals surface area contributed by atoms with Crippen molar-refractivity contribution in [3.63, 3.8) is 0 Å². The molecule has 0 aliphatic carbocycles. The summed E-state index contributed by atoms with van der Waals surface area (Å²) >= 11 is 5.09. The molecule has 0 saturated carbocycles. The van der Waals surface area contributed by atoms with Crippen LogP contribution in [0.2, 0.25) is 0 Å². The monoisotopic (exact) mass is 249 g/mol. The molecule has 5 nitrogen and oxygen atoms in total. The van der Waals surface area contributed by atoms with Crippen molar-refractivity contribution in [2.24, 2.45) is 12.8 Å². The average molecular weight is 249 g/mol. The van der Waals surface area contributed by atoms with Gasteiger partial charge in [-0.2, -0.15) is 5.10 Å². The van der Waals surface area contributed by atoms with E-state index in [-0.39, 0.29) is 0 Å². The number of aryl methyl sites for hydroxylation is 3. The summed E-state index contributed by atoms with van der Waals surface area (Å²) < 4.78 is 3.74. The fourth-order valence-electron chi connectivity index (χ4n) is 1.92. The highest BCUT2D eigenvalue weighted by atomic mass is 32.1. The highest BCUT2D eigenvalue weighted by molar-refractivity contribution is 7.80. The molecular weight excluding hydrogens is 234 g/mol. The van der Waals surface area contributed by atoms with Gasteiger partial charge in [-0.3, -0.25) is 9.25 Å². The number of hydrogen-bond donors (Lipinski definition) is 1. The van der Waals surface area contributed by atoms with Crippen molar-refractivity contribution >= 4 is 17.2 Å². The molecule has 2 aromatic rings. The molecule has 0 saturated heterocycles. The quantitative estimate of drug-likeness (QED) is 0.811. The minimum atomic E-state index is 0.358. The Kier molecular flexibility index (Phi) is 2.74. The van der Waals surface area contributed by atoms with E-state index in [0.29, 0.717) is 4.99 Å². The molecule has 2 rings (SSSR count). The van der Waals surface area contributed by atoms with Gasteiger partial charge in [-0.25, -0.2) is 4.98 Å². The van der Waals surface area contributed by atoms with Gasteiger partial charge in [0.1, 0.15) is 17.1 Å². The van der Waals surface area contributed by atoms with Crippen LogP contribution in [0.1, 0.15) is 22.6 Å². The van der Waals surface area contributed by atoms with Crippen molar-refractivity contribution in [3.05, 3.63) is 29.0 Å². The Hall–Kier alpha value is -1.69. The number of thiocarbonyl (C=S) groups is 1. The molecule has 90 valence electrons. The van der Waals surface area contributed by atoms with E-state index in [4.69, 9.17) is 18.0 Å². The van der Waals surface area contributed by atoms with Crippen LogP contribution in [0.25, 0.3) is 5.82 Å². The van der Waals surface area contributed by atoms with Gasteiger partial charge in [0, 0.05) is 12.7 Å². The molecule has 0 amide bonds. The van der Waals surface area contributed by atoms with Crippen LogP contribution in [0.4, 0.5) is 0 Å². The maximum absolute atomic E-state index is 5.77. The third kappa shape index (κ3) is 1.74. The van der Waals surface area contributed by atoms with Gasteiger partial charge in [0.25, 0.3) is 0 Å². The van der Waals surface area contributed by atoms with E-state index in [1.807, 2.05) is 32.4 Å². The molecule has 0 radical (unpaired) electrons. The third-order valence-electron chi connectivity index (χ3n) is 2.92. The second kappa shape index (κ2) is 3.96. The van der Waals surface area contributed by atoms with E-state index in [0.717, 1.165) is 28.5 Å². The number of nitrogens with zero attached hydrogens (tertiary/aromatic N) is 4. The lowest BCUT2D eigenvalue weighted by atomic mass is 10.2. The van der Waals surface area contributed by atoms with Crippen LogP contribution >= 0.6 is 12.2 Å².